The van der Waals surface area contributed by atoms with Gasteiger partial charge in [-0.1, -0.05) is 12.8 Å². The smallest absolute Gasteiger partial charge is 0.252 e. The molecule has 118 valence electrons. The lowest BCUT2D eigenvalue weighted by molar-refractivity contribution is 0.129. The minimum atomic E-state index is -3.31. The van der Waals surface area contributed by atoms with Crippen LogP contribution in [0.2, 0.25) is 0 Å². The van der Waals surface area contributed by atoms with Gasteiger partial charge >= 0.3 is 0 Å². The van der Waals surface area contributed by atoms with E-state index in [-0.39, 0.29) is 6.04 Å². The third kappa shape index (κ3) is 3.04. The van der Waals surface area contributed by atoms with Gasteiger partial charge in [0.25, 0.3) is 10.0 Å². The van der Waals surface area contributed by atoms with Crippen LogP contribution in [0.5, 0.6) is 0 Å². The highest BCUT2D eigenvalue weighted by Gasteiger charge is 2.40. The average molecular weight is 329 g/mol. The molecule has 2 unspecified atom stereocenters. The first-order chi connectivity index (χ1) is 10.1. The van der Waals surface area contributed by atoms with Crippen LogP contribution in [0.15, 0.2) is 16.3 Å². The van der Waals surface area contributed by atoms with Crippen molar-refractivity contribution in [2.75, 3.05) is 13.6 Å². The van der Waals surface area contributed by atoms with E-state index in [1.165, 1.54) is 37.0 Å². The summed E-state index contributed by atoms with van der Waals surface area (Å²) in [5.41, 5.74) is 0. The molecule has 1 aromatic heterocycles. The molecule has 3 rings (SSSR count). The topological polar surface area (TPSA) is 49.4 Å². The van der Waals surface area contributed by atoms with Crippen LogP contribution in [-0.2, 0) is 16.6 Å². The fourth-order valence-electron chi connectivity index (χ4n) is 3.76. The largest absolute Gasteiger partial charge is 0.315 e. The summed E-state index contributed by atoms with van der Waals surface area (Å²) in [6.07, 6.45) is 6.88. The van der Waals surface area contributed by atoms with Gasteiger partial charge in [0.2, 0.25) is 0 Å². The third-order valence-electron chi connectivity index (χ3n) is 4.74. The van der Waals surface area contributed by atoms with Gasteiger partial charge in [-0.25, -0.2) is 8.42 Å². The van der Waals surface area contributed by atoms with Gasteiger partial charge in [-0.3, -0.25) is 0 Å². The highest BCUT2D eigenvalue weighted by Crippen LogP contribution is 2.39. The second-order valence-corrected chi connectivity index (χ2v) is 9.41. The third-order valence-corrected chi connectivity index (χ3v) is 8.22. The molecule has 2 aliphatic rings. The molecule has 4 nitrogen and oxygen atoms in total. The average Bonchev–Trinajstić information content (AvgIpc) is 2.96. The molecule has 1 aliphatic heterocycles. The Kier molecular flexibility index (Phi) is 4.69. The first-order valence-electron chi connectivity index (χ1n) is 7.88. The fraction of sp³-hybridized carbons (Fsp3) is 0.733. The van der Waals surface area contributed by atoms with E-state index in [1.807, 2.05) is 17.4 Å². The van der Waals surface area contributed by atoms with Crippen molar-refractivity contribution in [3.8, 4) is 0 Å². The molecule has 21 heavy (non-hydrogen) atoms. The molecular weight excluding hydrogens is 304 g/mol. The van der Waals surface area contributed by atoms with Crippen LogP contribution in [0.4, 0.5) is 0 Å². The van der Waals surface area contributed by atoms with Crippen molar-refractivity contribution < 1.29 is 8.42 Å². The van der Waals surface area contributed by atoms with Gasteiger partial charge < -0.3 is 5.32 Å². The summed E-state index contributed by atoms with van der Waals surface area (Å²) < 4.78 is 28.3. The van der Waals surface area contributed by atoms with Gasteiger partial charge in [-0.15, -0.1) is 11.3 Å². The van der Waals surface area contributed by atoms with Crippen molar-refractivity contribution in [3.63, 3.8) is 0 Å². The summed E-state index contributed by atoms with van der Waals surface area (Å²) in [5, 5.41) is 3.08. The Morgan fingerprint density at radius 1 is 1.24 bits per heavy atom. The lowest BCUT2D eigenvalue weighted by Gasteiger charge is -2.42. The Morgan fingerprint density at radius 3 is 2.81 bits per heavy atom. The summed E-state index contributed by atoms with van der Waals surface area (Å²) in [7, 11) is -1.43. The minimum absolute atomic E-state index is 0.243. The molecule has 1 N–H and O–H groups in total. The SMILES string of the molecule is CNCc1ccc(S(=O)(=O)N2CCCC3CCCCC32)s1. The van der Waals surface area contributed by atoms with Gasteiger partial charge in [0.15, 0.2) is 0 Å². The van der Waals surface area contributed by atoms with E-state index in [1.54, 1.807) is 6.07 Å². The fourth-order valence-corrected chi connectivity index (χ4v) is 7.01. The molecule has 0 aromatic carbocycles. The Morgan fingerprint density at radius 2 is 2.00 bits per heavy atom. The second kappa shape index (κ2) is 6.36. The van der Waals surface area contributed by atoms with Crippen LogP contribution in [-0.4, -0.2) is 32.4 Å². The molecule has 0 amide bonds. The van der Waals surface area contributed by atoms with Crippen molar-refractivity contribution in [1.29, 1.82) is 0 Å². The van der Waals surface area contributed by atoms with Gasteiger partial charge in [0.05, 0.1) is 0 Å². The molecule has 2 atom stereocenters. The van der Waals surface area contributed by atoms with Crippen LogP contribution in [0.1, 0.15) is 43.4 Å². The molecule has 0 radical (unpaired) electrons. The van der Waals surface area contributed by atoms with E-state index in [4.69, 9.17) is 0 Å². The molecule has 6 heteroatoms. The summed E-state index contributed by atoms with van der Waals surface area (Å²) in [6.45, 7) is 1.43. The maximum atomic E-state index is 13.0. The number of hydrogen-bond donors (Lipinski definition) is 1. The van der Waals surface area contributed by atoms with Crippen molar-refractivity contribution in [2.45, 2.75) is 55.3 Å². The number of thiophene rings is 1. The van der Waals surface area contributed by atoms with Crippen LogP contribution < -0.4 is 5.32 Å². The van der Waals surface area contributed by atoms with E-state index >= 15 is 0 Å². The molecule has 0 bridgehead atoms. The highest BCUT2D eigenvalue weighted by atomic mass is 32.2. The summed E-state index contributed by atoms with van der Waals surface area (Å²) in [5.74, 6) is 0.582. The number of rotatable bonds is 4. The molecule has 2 heterocycles. The Bertz CT molecular complexity index is 580. The predicted molar refractivity (Wildman–Crippen MR) is 86.0 cm³/mol. The van der Waals surface area contributed by atoms with Crippen LogP contribution >= 0.6 is 11.3 Å². The maximum absolute atomic E-state index is 13.0. The number of nitrogens with one attached hydrogen (secondary N) is 1. The van der Waals surface area contributed by atoms with Gasteiger partial charge in [-0.05, 0) is 50.8 Å². The number of fused-ring (bicyclic) bond motifs is 1. The van der Waals surface area contributed by atoms with Gasteiger partial charge in [-0.2, -0.15) is 4.31 Å². The molecule has 1 saturated heterocycles. The maximum Gasteiger partial charge on any atom is 0.252 e. The molecule has 2 fully saturated rings. The zero-order valence-corrected chi connectivity index (χ0v) is 14.2. The Balaban J connectivity index is 1.85. The van der Waals surface area contributed by atoms with Crippen molar-refractivity contribution in [3.05, 3.63) is 17.0 Å². The molecule has 0 spiro atoms. The standard InChI is InChI=1S/C15H24N2O2S2/c1-16-11-13-8-9-15(20-13)21(18,19)17-10-4-6-12-5-2-3-7-14(12)17/h8-9,12,14,16H,2-7,10-11H2,1H3. The van der Waals surface area contributed by atoms with E-state index in [9.17, 15) is 8.42 Å². The van der Waals surface area contributed by atoms with E-state index in [0.717, 1.165) is 24.3 Å². The molecule has 1 aromatic rings. The zero-order chi connectivity index (χ0) is 14.9. The number of piperidine rings is 1. The monoisotopic (exact) mass is 328 g/mol. The van der Waals surface area contributed by atoms with Crippen LogP contribution in [0.25, 0.3) is 0 Å². The summed E-state index contributed by atoms with van der Waals surface area (Å²) in [4.78, 5) is 1.08. The lowest BCUT2D eigenvalue weighted by atomic mass is 9.79. The number of hydrogen-bond acceptors (Lipinski definition) is 4. The minimum Gasteiger partial charge on any atom is -0.315 e. The molecular formula is C15H24N2O2S2. The lowest BCUT2D eigenvalue weighted by Crippen LogP contribution is -2.49. The van der Waals surface area contributed by atoms with Crippen LogP contribution in [0.3, 0.4) is 0 Å². The predicted octanol–water partition coefficient (Wildman–Crippen LogP) is 2.81. The van der Waals surface area contributed by atoms with E-state index in [0.29, 0.717) is 16.7 Å². The van der Waals surface area contributed by atoms with E-state index in [2.05, 4.69) is 5.32 Å². The van der Waals surface area contributed by atoms with E-state index < -0.39 is 10.0 Å². The number of nitrogens with zero attached hydrogens (tertiary/aromatic N) is 1. The summed E-state index contributed by atoms with van der Waals surface area (Å²) in [6, 6.07) is 3.95. The zero-order valence-electron chi connectivity index (χ0n) is 12.5. The first-order valence-corrected chi connectivity index (χ1v) is 10.1. The molecule has 1 saturated carbocycles. The van der Waals surface area contributed by atoms with Crippen molar-refractivity contribution >= 4 is 21.4 Å². The normalized spacial score (nSPS) is 27.5. The van der Waals surface area contributed by atoms with Gasteiger partial charge in [0, 0.05) is 24.0 Å². The molecule has 1 aliphatic carbocycles. The number of sulfonamides is 1. The van der Waals surface area contributed by atoms with Crippen molar-refractivity contribution in [1.82, 2.24) is 9.62 Å². The highest BCUT2D eigenvalue weighted by molar-refractivity contribution is 7.91. The summed E-state index contributed by atoms with van der Waals surface area (Å²) >= 11 is 1.41. The van der Waals surface area contributed by atoms with Gasteiger partial charge in [0.1, 0.15) is 4.21 Å². The second-order valence-electron chi connectivity index (χ2n) is 6.12. The Labute approximate surface area is 131 Å². The Hall–Kier alpha value is -0.430. The van der Waals surface area contributed by atoms with Crippen LogP contribution in [0, 0.1) is 5.92 Å². The quantitative estimate of drug-likeness (QED) is 0.924. The first kappa shape index (κ1) is 15.5. The van der Waals surface area contributed by atoms with Crippen molar-refractivity contribution in [2.24, 2.45) is 5.92 Å².